The van der Waals surface area contributed by atoms with Gasteiger partial charge in [-0.25, -0.2) is 4.39 Å². The van der Waals surface area contributed by atoms with Crippen molar-refractivity contribution in [3.63, 3.8) is 0 Å². The Labute approximate surface area is 212 Å². The van der Waals surface area contributed by atoms with Crippen molar-refractivity contribution < 1.29 is 19.7 Å². The number of hydrogen-bond acceptors (Lipinski definition) is 7. The number of phenolic OH excluding ortho intramolecular Hbond substituents is 1. The van der Waals surface area contributed by atoms with Crippen LogP contribution in [0.1, 0.15) is 22.3 Å². The molecule has 190 valence electrons. The fourth-order valence-corrected chi connectivity index (χ4v) is 5.09. The summed E-state index contributed by atoms with van der Waals surface area (Å²) in [4.78, 5) is 13.8. The Balaban J connectivity index is 1.22. The predicted molar refractivity (Wildman–Crippen MR) is 140 cm³/mol. The number of aromatic amines is 1. The molecule has 0 aliphatic carbocycles. The van der Waals surface area contributed by atoms with Gasteiger partial charge in [0.15, 0.2) is 0 Å². The van der Waals surface area contributed by atoms with E-state index >= 15 is 0 Å². The molecule has 0 bridgehead atoms. The summed E-state index contributed by atoms with van der Waals surface area (Å²) in [5, 5.41) is 37.6. The fourth-order valence-electron chi connectivity index (χ4n) is 4.15. The van der Waals surface area contributed by atoms with Gasteiger partial charge in [-0.15, -0.1) is 0 Å². The molecule has 0 atom stereocenters. The molecule has 0 aliphatic rings. The number of hydrogen-bond donors (Lipinski definition) is 6. The summed E-state index contributed by atoms with van der Waals surface area (Å²) in [7, 11) is 0. The highest BCUT2D eigenvalue weighted by Crippen LogP contribution is 2.32. The summed E-state index contributed by atoms with van der Waals surface area (Å²) in [6.45, 7) is 1.89. The number of benzene rings is 3. The number of nitrogens with one attached hydrogen (secondary N) is 3. The van der Waals surface area contributed by atoms with E-state index in [2.05, 4.69) is 27.8 Å². The van der Waals surface area contributed by atoms with Crippen molar-refractivity contribution in [2.45, 2.75) is 25.0 Å². The maximum atomic E-state index is 13.7. The molecule has 4 aromatic rings. The van der Waals surface area contributed by atoms with E-state index in [1.165, 1.54) is 23.8 Å². The molecule has 0 unspecified atom stereocenters. The molecule has 0 spiro atoms. The van der Waals surface area contributed by atoms with Crippen LogP contribution in [0.15, 0.2) is 65.5 Å². The zero-order chi connectivity index (χ0) is 25.5. The van der Waals surface area contributed by atoms with Crippen molar-refractivity contribution in [1.82, 2.24) is 15.6 Å². The lowest BCUT2D eigenvalue weighted by Gasteiger charge is -2.23. The van der Waals surface area contributed by atoms with Gasteiger partial charge in [-0.05, 0) is 73.8 Å². The Bertz CT molecular complexity index is 1370. The molecular formula is C27H30FN3O4S. The Morgan fingerprint density at radius 3 is 2.33 bits per heavy atom. The third-order valence-corrected chi connectivity index (χ3v) is 6.98. The number of aromatic hydroxyl groups is 1. The van der Waals surface area contributed by atoms with Gasteiger partial charge in [0.1, 0.15) is 17.1 Å². The molecule has 0 saturated heterocycles. The zero-order valence-corrected chi connectivity index (χ0v) is 20.6. The summed E-state index contributed by atoms with van der Waals surface area (Å²) < 4.78 is 14.0. The monoisotopic (exact) mass is 511 g/mol. The molecule has 6 N–H and O–H groups in total. The van der Waals surface area contributed by atoms with E-state index in [0.29, 0.717) is 36.2 Å². The number of H-pyrrole nitrogens is 1. The van der Waals surface area contributed by atoms with Crippen molar-refractivity contribution >= 4 is 21.6 Å². The van der Waals surface area contributed by atoms with E-state index in [1.807, 2.05) is 18.2 Å². The molecule has 1 aromatic heterocycles. The average Bonchev–Trinajstić information content (AvgIpc) is 3.25. The summed E-state index contributed by atoms with van der Waals surface area (Å²) in [5.41, 5.74) is 3.40. The molecule has 36 heavy (non-hydrogen) atoms. The Morgan fingerprint density at radius 1 is 0.889 bits per heavy atom. The third-order valence-electron chi connectivity index (χ3n) is 6.06. The highest BCUT2D eigenvalue weighted by Gasteiger charge is 2.29. The van der Waals surface area contributed by atoms with Crippen LogP contribution in [0, 0.1) is 5.82 Å². The van der Waals surface area contributed by atoms with E-state index in [4.69, 9.17) is 0 Å². The van der Waals surface area contributed by atoms with Gasteiger partial charge in [0.05, 0.1) is 11.2 Å². The van der Waals surface area contributed by atoms with E-state index < -0.39 is 5.79 Å². The van der Waals surface area contributed by atoms with Crippen LogP contribution in [0.2, 0.25) is 0 Å². The Kier molecular flexibility index (Phi) is 8.50. The average molecular weight is 512 g/mol. The molecule has 0 radical (unpaired) electrons. The van der Waals surface area contributed by atoms with Crippen LogP contribution in [-0.2, 0) is 25.0 Å². The fraction of sp³-hybridized carbons (Fsp3) is 0.296. The molecule has 0 amide bonds. The first-order valence-electron chi connectivity index (χ1n) is 11.9. The van der Waals surface area contributed by atoms with Gasteiger partial charge in [0, 0.05) is 5.56 Å². The maximum absolute atomic E-state index is 13.7. The third kappa shape index (κ3) is 6.57. The number of aromatic nitrogens is 1. The number of fused-ring (bicyclic) bond motifs is 1. The number of rotatable bonds is 12. The van der Waals surface area contributed by atoms with Gasteiger partial charge in [-0.1, -0.05) is 53.8 Å². The highest BCUT2D eigenvalue weighted by molar-refractivity contribution is 7.16. The predicted octanol–water partition coefficient (Wildman–Crippen LogP) is 2.78. The minimum absolute atomic E-state index is 0.115. The second-order valence-electron chi connectivity index (χ2n) is 8.76. The Hall–Kier alpha value is -3.08. The van der Waals surface area contributed by atoms with Gasteiger partial charge in [-0.2, -0.15) is 0 Å². The van der Waals surface area contributed by atoms with Crippen LogP contribution >= 0.6 is 11.3 Å². The number of halogens is 1. The van der Waals surface area contributed by atoms with Crippen LogP contribution in [-0.4, -0.2) is 46.5 Å². The lowest BCUT2D eigenvalue weighted by atomic mass is 10.0. The molecule has 0 aliphatic heterocycles. The second kappa shape index (κ2) is 11.8. The van der Waals surface area contributed by atoms with Gasteiger partial charge in [0.25, 0.3) is 0 Å². The van der Waals surface area contributed by atoms with E-state index in [-0.39, 0.29) is 34.1 Å². The molecular weight excluding hydrogens is 481 g/mol. The van der Waals surface area contributed by atoms with Crippen LogP contribution < -0.4 is 15.5 Å². The maximum Gasteiger partial charge on any atom is 0.305 e. The smallest absolute Gasteiger partial charge is 0.305 e. The lowest BCUT2D eigenvalue weighted by molar-refractivity contribution is -0.164. The van der Waals surface area contributed by atoms with Gasteiger partial charge < -0.3 is 30.9 Å². The normalized spacial score (nSPS) is 11.9. The topological polar surface area (TPSA) is 118 Å². The van der Waals surface area contributed by atoms with Gasteiger partial charge in [0.2, 0.25) is 5.79 Å². The first-order valence-corrected chi connectivity index (χ1v) is 12.7. The molecule has 0 fully saturated rings. The highest BCUT2D eigenvalue weighted by atomic mass is 32.1. The summed E-state index contributed by atoms with van der Waals surface area (Å²) >= 11 is 0.826. The van der Waals surface area contributed by atoms with Gasteiger partial charge in [-0.3, -0.25) is 4.79 Å². The first kappa shape index (κ1) is 26.0. The van der Waals surface area contributed by atoms with E-state index in [1.54, 1.807) is 12.1 Å². The summed E-state index contributed by atoms with van der Waals surface area (Å²) in [6, 6.07) is 17.8. The minimum Gasteiger partial charge on any atom is -0.506 e. The molecule has 3 aromatic carbocycles. The van der Waals surface area contributed by atoms with Crippen molar-refractivity contribution in [1.29, 1.82) is 0 Å². The molecule has 0 saturated carbocycles. The van der Waals surface area contributed by atoms with Crippen molar-refractivity contribution in [3.8, 4) is 5.75 Å². The summed E-state index contributed by atoms with van der Waals surface area (Å²) in [5.74, 6) is -2.48. The molecule has 9 heteroatoms. The van der Waals surface area contributed by atoms with E-state index in [9.17, 15) is 24.5 Å². The second-order valence-corrected chi connectivity index (χ2v) is 9.74. The van der Waals surface area contributed by atoms with Crippen LogP contribution in [0.4, 0.5) is 4.39 Å². The van der Waals surface area contributed by atoms with Crippen LogP contribution in [0.3, 0.4) is 0 Å². The van der Waals surface area contributed by atoms with Crippen LogP contribution in [0.25, 0.3) is 10.2 Å². The van der Waals surface area contributed by atoms with Crippen molar-refractivity contribution in [2.75, 3.05) is 26.2 Å². The Morgan fingerprint density at radius 2 is 1.58 bits per heavy atom. The molecule has 7 nitrogen and oxygen atoms in total. The van der Waals surface area contributed by atoms with Crippen molar-refractivity contribution in [2.24, 2.45) is 0 Å². The SMILES string of the molecule is O=c1[nH]c2c(O)ccc(C(O)(O)CNCCc3cccc(CCNCCc4ccccc4F)c3)c2s1. The summed E-state index contributed by atoms with van der Waals surface area (Å²) in [6.07, 6.45) is 2.20. The quantitative estimate of drug-likeness (QED) is 0.129. The zero-order valence-electron chi connectivity index (χ0n) is 19.8. The minimum atomic E-state index is -2.20. The standard InChI is InChI=1S/C27H30FN3O4S/c28-22-7-2-1-6-20(22)12-15-29-13-10-18-4-3-5-19(16-18)11-14-30-17-27(34,35)21-8-9-23(32)24-25(21)36-26(33)31-24/h1-9,16,29-30,32,34-35H,10-15,17H2,(H,31,33). The number of thiazole rings is 1. The van der Waals surface area contributed by atoms with Crippen molar-refractivity contribution in [3.05, 3.63) is 98.4 Å². The number of aliphatic hydroxyl groups is 2. The van der Waals surface area contributed by atoms with E-state index in [0.717, 1.165) is 29.9 Å². The first-order chi connectivity index (χ1) is 17.3. The van der Waals surface area contributed by atoms with Crippen LogP contribution in [0.5, 0.6) is 5.75 Å². The van der Waals surface area contributed by atoms with Gasteiger partial charge >= 0.3 is 4.87 Å². The molecule has 1 heterocycles. The lowest BCUT2D eigenvalue weighted by Crippen LogP contribution is -2.38. The number of phenols is 1. The largest absolute Gasteiger partial charge is 0.506 e. The molecule has 4 rings (SSSR count).